The maximum Gasteiger partial charge on any atom is 0.251 e. The van der Waals surface area contributed by atoms with Gasteiger partial charge in [0.2, 0.25) is 5.91 Å². The number of aromatic nitrogens is 2. The molecular formula is C48H50ClN7O5S2. The number of carbonyl (C=O) groups is 3. The standard InChI is InChI=1S/C48H50ClN7O5S2/c1-31-28-41(54-37-17-15-36(49)16-18-37)39-29-35(14-19-42(39)56(31)32(2)57)33-10-12-34(13-11-33)48(59)51-21-24-60-25-26-61-53-20-23-55(3)47-38-6-4-8-44(62)46(38)52-30-40(47)43(58)7-5-9-45-50-22-27-63-45/h4,6,8,10-20,22,27,29-31,41,54,62H,5,7,9,21,23-26,28H2,1-3H3,(H,51,59)/b53-20-/t31-,41+/m0/s1. The number of thiazole rings is 1. The second kappa shape index (κ2) is 21.5. The minimum absolute atomic E-state index is 0.00376. The summed E-state index contributed by atoms with van der Waals surface area (Å²) in [5.41, 5.74) is 7.39. The molecule has 326 valence electrons. The number of oxime groups is 1. The molecule has 4 aromatic carbocycles. The number of hydrogen-bond donors (Lipinski definition) is 3. The van der Waals surface area contributed by atoms with Crippen molar-refractivity contribution in [3.05, 3.63) is 129 Å². The zero-order valence-corrected chi connectivity index (χ0v) is 37.9. The van der Waals surface area contributed by atoms with E-state index in [1.165, 1.54) is 0 Å². The molecular weight excluding hydrogens is 854 g/mol. The Bertz CT molecular complexity index is 2560. The van der Waals surface area contributed by atoms with Crippen molar-refractivity contribution < 1.29 is 24.0 Å². The number of fused-ring (bicyclic) bond motifs is 2. The summed E-state index contributed by atoms with van der Waals surface area (Å²) in [7, 11) is 1.90. The quantitative estimate of drug-likeness (QED) is 0.0239. The Morgan fingerprint density at radius 1 is 1.02 bits per heavy atom. The molecule has 0 saturated heterocycles. The number of nitrogens with zero attached hydrogens (tertiary/aromatic N) is 5. The Hall–Kier alpha value is -5.80. The second-order valence-electron chi connectivity index (χ2n) is 15.3. The van der Waals surface area contributed by atoms with Crippen LogP contribution in [0.5, 0.6) is 0 Å². The third-order valence-corrected chi connectivity index (χ3v) is 12.3. The van der Waals surface area contributed by atoms with Gasteiger partial charge in [-0.15, -0.1) is 24.0 Å². The van der Waals surface area contributed by atoms with Crippen LogP contribution >= 0.6 is 35.6 Å². The highest BCUT2D eigenvalue weighted by atomic mass is 35.5. The molecule has 2 N–H and O–H groups in total. The Morgan fingerprint density at radius 3 is 2.57 bits per heavy atom. The Balaban J connectivity index is 0.857. The number of ether oxygens (including phenoxy) is 1. The molecule has 0 unspecified atom stereocenters. The summed E-state index contributed by atoms with van der Waals surface area (Å²) >= 11 is 12.3. The number of thiol groups is 1. The van der Waals surface area contributed by atoms with Crippen LogP contribution < -0.4 is 20.4 Å². The normalized spacial score (nSPS) is 14.7. The van der Waals surface area contributed by atoms with Crippen LogP contribution in [0.25, 0.3) is 22.0 Å². The molecule has 0 radical (unpaired) electrons. The molecule has 0 fully saturated rings. The predicted molar refractivity (Wildman–Crippen MR) is 256 cm³/mol. The van der Waals surface area contributed by atoms with Crippen LogP contribution in [0.2, 0.25) is 5.02 Å². The highest BCUT2D eigenvalue weighted by Crippen LogP contribution is 2.41. The van der Waals surface area contributed by atoms with Crippen molar-refractivity contribution in [2.45, 2.75) is 56.5 Å². The van der Waals surface area contributed by atoms with Gasteiger partial charge in [-0.25, -0.2) is 4.98 Å². The monoisotopic (exact) mass is 903 g/mol. The molecule has 0 bridgehead atoms. The van der Waals surface area contributed by atoms with Crippen molar-refractivity contribution in [1.82, 2.24) is 15.3 Å². The summed E-state index contributed by atoms with van der Waals surface area (Å²) in [6, 6.07) is 27.0. The van der Waals surface area contributed by atoms with Gasteiger partial charge < -0.3 is 30.0 Å². The summed E-state index contributed by atoms with van der Waals surface area (Å²) in [6.07, 6.45) is 7.64. The molecule has 7 rings (SSSR count). The van der Waals surface area contributed by atoms with Crippen molar-refractivity contribution >= 4 is 87.3 Å². The van der Waals surface area contributed by atoms with E-state index in [0.717, 1.165) is 67.4 Å². The molecule has 2 atom stereocenters. The third-order valence-electron chi connectivity index (χ3n) is 10.8. The number of anilines is 3. The van der Waals surface area contributed by atoms with Crippen molar-refractivity contribution in [2.24, 2.45) is 5.16 Å². The van der Waals surface area contributed by atoms with E-state index in [4.69, 9.17) is 21.2 Å². The number of rotatable bonds is 19. The largest absolute Gasteiger partial charge is 0.394 e. The maximum atomic E-state index is 13.4. The lowest BCUT2D eigenvalue weighted by atomic mass is 9.88. The second-order valence-corrected chi connectivity index (χ2v) is 17.2. The number of hydrogen-bond acceptors (Lipinski definition) is 12. The maximum absolute atomic E-state index is 13.4. The lowest BCUT2D eigenvalue weighted by Gasteiger charge is -2.39. The highest BCUT2D eigenvalue weighted by molar-refractivity contribution is 7.80. The summed E-state index contributed by atoms with van der Waals surface area (Å²) in [5, 5.41) is 15.1. The topological polar surface area (TPSA) is 138 Å². The molecule has 63 heavy (non-hydrogen) atoms. The van der Waals surface area contributed by atoms with Crippen LogP contribution in [0.3, 0.4) is 0 Å². The van der Waals surface area contributed by atoms with Gasteiger partial charge in [-0.2, -0.15) is 0 Å². The highest BCUT2D eigenvalue weighted by Gasteiger charge is 2.33. The van der Waals surface area contributed by atoms with Crippen LogP contribution in [-0.4, -0.2) is 79.8 Å². The number of para-hydroxylation sites is 1. The molecule has 2 aromatic heterocycles. The fourth-order valence-electron chi connectivity index (χ4n) is 7.83. The fraction of sp³-hybridized carbons (Fsp3) is 0.292. The van der Waals surface area contributed by atoms with Gasteiger partial charge in [-0.3, -0.25) is 19.4 Å². The van der Waals surface area contributed by atoms with Crippen LogP contribution in [-0.2, 0) is 20.8 Å². The smallest absolute Gasteiger partial charge is 0.251 e. The number of pyridine rings is 1. The molecule has 0 spiro atoms. The molecule has 6 aromatic rings. The van der Waals surface area contributed by atoms with E-state index in [2.05, 4.69) is 51.4 Å². The molecule has 15 heteroatoms. The first-order chi connectivity index (χ1) is 30.6. The van der Waals surface area contributed by atoms with Gasteiger partial charge in [0.15, 0.2) is 5.78 Å². The van der Waals surface area contributed by atoms with Gasteiger partial charge in [0.1, 0.15) is 6.61 Å². The van der Waals surface area contributed by atoms with Crippen LogP contribution in [0, 0.1) is 0 Å². The van der Waals surface area contributed by atoms with Crippen LogP contribution in [0.1, 0.15) is 70.4 Å². The summed E-state index contributed by atoms with van der Waals surface area (Å²) in [4.78, 5) is 58.0. The van der Waals surface area contributed by atoms with E-state index in [1.54, 1.807) is 49.0 Å². The number of halogens is 1. The van der Waals surface area contributed by atoms with Crippen molar-refractivity contribution in [2.75, 3.05) is 55.1 Å². The van der Waals surface area contributed by atoms with E-state index in [9.17, 15) is 14.4 Å². The molecule has 3 heterocycles. The average molecular weight is 905 g/mol. The van der Waals surface area contributed by atoms with Gasteiger partial charge in [0.25, 0.3) is 5.91 Å². The Kier molecular flexibility index (Phi) is 15.5. The number of carbonyl (C=O) groups excluding carboxylic acids is 3. The SMILES string of the molecule is CC(=O)N1c2ccc(-c3ccc(C(=O)NCCOCCO/N=C\CN(C)c4c(C(=O)CCCc5nccs5)cnc5c(S)cccc45)cc3)cc2[C@H](Nc2ccc(Cl)cc2)C[C@@H]1C. The molecule has 1 aliphatic rings. The minimum Gasteiger partial charge on any atom is -0.394 e. The van der Waals surface area contributed by atoms with Gasteiger partial charge >= 0.3 is 0 Å². The Labute approximate surface area is 382 Å². The molecule has 1 aliphatic heterocycles. The first-order valence-corrected chi connectivity index (χ1v) is 22.6. The van der Waals surface area contributed by atoms with E-state index >= 15 is 0 Å². The first-order valence-electron chi connectivity index (χ1n) is 20.9. The zero-order valence-electron chi connectivity index (χ0n) is 35.4. The number of ketones is 1. The number of Topliss-reactive ketones (excluding diaryl/α,β-unsaturated/α-hetero) is 1. The number of nitrogens with one attached hydrogen (secondary N) is 2. The van der Waals surface area contributed by atoms with E-state index in [1.807, 2.05) is 89.0 Å². The zero-order chi connectivity index (χ0) is 44.3. The summed E-state index contributed by atoms with van der Waals surface area (Å²) in [6.45, 7) is 5.20. The Morgan fingerprint density at radius 2 is 1.81 bits per heavy atom. The van der Waals surface area contributed by atoms with Gasteiger partial charge in [0.05, 0.1) is 53.8 Å². The molecule has 12 nitrogen and oxygen atoms in total. The van der Waals surface area contributed by atoms with Crippen molar-refractivity contribution in [3.8, 4) is 11.1 Å². The van der Waals surface area contributed by atoms with Crippen LogP contribution in [0.15, 0.2) is 113 Å². The van der Waals surface area contributed by atoms with Crippen LogP contribution in [0.4, 0.5) is 17.1 Å². The van der Waals surface area contributed by atoms with Gasteiger partial charge in [-0.05, 0) is 97.5 Å². The van der Waals surface area contributed by atoms with E-state index < -0.39 is 0 Å². The van der Waals surface area contributed by atoms with Crippen molar-refractivity contribution in [1.29, 1.82) is 0 Å². The third kappa shape index (κ3) is 11.4. The summed E-state index contributed by atoms with van der Waals surface area (Å²) < 4.78 is 5.66. The summed E-state index contributed by atoms with van der Waals surface area (Å²) in [5.74, 6) is -0.179. The number of amides is 2. The minimum atomic E-state index is -0.202. The first kappa shape index (κ1) is 45.2. The lowest BCUT2D eigenvalue weighted by molar-refractivity contribution is -0.117. The fourth-order valence-corrected chi connectivity index (χ4v) is 8.88. The van der Waals surface area contributed by atoms with Gasteiger partial charge in [-0.1, -0.05) is 47.1 Å². The van der Waals surface area contributed by atoms with Crippen molar-refractivity contribution in [3.63, 3.8) is 0 Å². The average Bonchev–Trinajstić information content (AvgIpc) is 3.81. The van der Waals surface area contributed by atoms with Gasteiger partial charge in [0, 0.05) is 83.0 Å². The lowest BCUT2D eigenvalue weighted by Crippen LogP contribution is -2.43. The molecule has 2 amide bonds. The predicted octanol–water partition coefficient (Wildman–Crippen LogP) is 9.69. The number of benzene rings is 4. The molecule has 0 aliphatic carbocycles. The van der Waals surface area contributed by atoms with E-state index in [0.29, 0.717) is 48.7 Å². The molecule has 0 saturated carbocycles. The number of aryl methyl sites for hydroxylation is 1. The van der Waals surface area contributed by atoms with E-state index in [-0.39, 0.29) is 42.9 Å².